The molecule has 90 valence electrons. The highest BCUT2D eigenvalue weighted by Gasteiger charge is 2.05. The Morgan fingerprint density at radius 1 is 1.24 bits per heavy atom. The van der Waals surface area contributed by atoms with E-state index < -0.39 is 0 Å². The van der Waals surface area contributed by atoms with Gasteiger partial charge in [0.1, 0.15) is 5.76 Å². The number of nitrogens with zero attached hydrogens (tertiary/aromatic N) is 1. The largest absolute Gasteiger partial charge is 0.444 e. The molecule has 1 aromatic heterocycles. The Bertz CT molecular complexity index is 488. The first-order chi connectivity index (χ1) is 8.16. The smallest absolute Gasteiger partial charge is 0.208 e. The molecule has 0 aliphatic rings. The average Bonchev–Trinajstić information content (AvgIpc) is 2.61. The summed E-state index contributed by atoms with van der Waals surface area (Å²) in [5.41, 5.74) is 2.19. The van der Waals surface area contributed by atoms with Gasteiger partial charge < -0.3 is 9.73 Å². The van der Waals surface area contributed by atoms with Gasteiger partial charge in [-0.25, -0.2) is 4.98 Å². The van der Waals surface area contributed by atoms with Crippen LogP contribution in [-0.4, -0.2) is 4.98 Å². The van der Waals surface area contributed by atoms with Crippen LogP contribution >= 0.6 is 15.9 Å². The van der Waals surface area contributed by atoms with E-state index in [4.69, 9.17) is 4.42 Å². The monoisotopic (exact) mass is 294 g/mol. The zero-order valence-electron chi connectivity index (χ0n) is 9.96. The van der Waals surface area contributed by atoms with Crippen LogP contribution in [0.5, 0.6) is 0 Å². The van der Waals surface area contributed by atoms with E-state index in [-0.39, 0.29) is 0 Å². The lowest BCUT2D eigenvalue weighted by atomic mass is 10.2. The van der Waals surface area contributed by atoms with Gasteiger partial charge in [-0.15, -0.1) is 0 Å². The second-order valence-corrected chi connectivity index (χ2v) is 4.80. The van der Waals surface area contributed by atoms with E-state index in [1.54, 1.807) is 0 Å². The third kappa shape index (κ3) is 3.17. The molecule has 2 rings (SSSR count). The maximum Gasteiger partial charge on any atom is 0.208 e. The lowest BCUT2D eigenvalue weighted by molar-refractivity contribution is 0.448. The zero-order chi connectivity index (χ0) is 12.3. The first kappa shape index (κ1) is 12.3. The van der Waals surface area contributed by atoms with Gasteiger partial charge in [0.15, 0.2) is 0 Å². The molecule has 0 bridgehead atoms. The topological polar surface area (TPSA) is 38.1 Å². The third-order valence-corrected chi connectivity index (χ3v) is 3.40. The minimum absolute atomic E-state index is 0.649. The van der Waals surface area contributed by atoms with Crippen LogP contribution < -0.4 is 5.32 Å². The highest BCUT2D eigenvalue weighted by atomic mass is 79.9. The number of halogens is 1. The Kier molecular flexibility index (Phi) is 3.97. The molecular weight excluding hydrogens is 280 g/mol. The van der Waals surface area contributed by atoms with Crippen molar-refractivity contribution in [1.29, 1.82) is 0 Å². The number of nitrogens with one attached hydrogen (secondary N) is 1. The Balaban J connectivity index is 1.90. The average molecular weight is 295 g/mol. The molecule has 3 nitrogen and oxygen atoms in total. The summed E-state index contributed by atoms with van der Waals surface area (Å²) in [5, 5.41) is 3.31. The lowest BCUT2D eigenvalue weighted by Crippen LogP contribution is -2.13. The molecule has 0 radical (unpaired) electrons. The Morgan fingerprint density at radius 2 is 2.00 bits per heavy atom. The molecule has 0 spiro atoms. The molecule has 2 aromatic rings. The Morgan fingerprint density at radius 3 is 2.65 bits per heavy atom. The van der Waals surface area contributed by atoms with E-state index in [9.17, 15) is 0 Å². The molecule has 1 heterocycles. The Labute approximate surface area is 109 Å². The van der Waals surface area contributed by atoms with Gasteiger partial charge in [0, 0.05) is 11.0 Å². The van der Waals surface area contributed by atoms with E-state index in [2.05, 4.69) is 32.3 Å². The summed E-state index contributed by atoms with van der Waals surface area (Å²) in [6.07, 6.45) is 0. The van der Waals surface area contributed by atoms with E-state index in [0.717, 1.165) is 28.4 Å². The second-order valence-electron chi connectivity index (χ2n) is 3.94. The number of benzene rings is 1. The number of oxazole rings is 1. The minimum atomic E-state index is 0.649. The molecule has 4 heteroatoms. The van der Waals surface area contributed by atoms with Crippen LogP contribution in [0.2, 0.25) is 0 Å². The predicted molar refractivity (Wildman–Crippen MR) is 70.7 cm³/mol. The summed E-state index contributed by atoms with van der Waals surface area (Å²) in [5.74, 6) is 1.63. The summed E-state index contributed by atoms with van der Waals surface area (Å²) in [6.45, 7) is 5.33. The summed E-state index contributed by atoms with van der Waals surface area (Å²) >= 11 is 3.52. The second kappa shape index (κ2) is 5.47. The molecule has 0 fully saturated rings. The van der Waals surface area contributed by atoms with Gasteiger partial charge in [-0.2, -0.15) is 0 Å². The maximum atomic E-state index is 5.50. The zero-order valence-corrected chi connectivity index (χ0v) is 11.5. The van der Waals surface area contributed by atoms with Gasteiger partial charge >= 0.3 is 0 Å². The molecule has 0 aliphatic carbocycles. The van der Waals surface area contributed by atoms with Gasteiger partial charge in [0.2, 0.25) is 5.89 Å². The Hall–Kier alpha value is -1.13. The normalized spacial score (nSPS) is 10.8. The number of aromatic nitrogens is 1. The van der Waals surface area contributed by atoms with Crippen LogP contribution in [0.4, 0.5) is 0 Å². The van der Waals surface area contributed by atoms with Crippen molar-refractivity contribution in [1.82, 2.24) is 10.3 Å². The van der Waals surface area contributed by atoms with Gasteiger partial charge in [-0.1, -0.05) is 34.1 Å². The van der Waals surface area contributed by atoms with Crippen LogP contribution in [0.1, 0.15) is 22.9 Å². The number of hydrogen-bond donors (Lipinski definition) is 1. The van der Waals surface area contributed by atoms with Crippen molar-refractivity contribution in [3.8, 4) is 0 Å². The molecule has 0 saturated carbocycles. The fraction of sp³-hybridized carbons (Fsp3) is 0.308. The van der Waals surface area contributed by atoms with Gasteiger partial charge in [-0.05, 0) is 25.5 Å². The highest BCUT2D eigenvalue weighted by Crippen LogP contribution is 2.15. The predicted octanol–water partition coefficient (Wildman–Crippen LogP) is 3.34. The molecular formula is C13H15BrN2O. The van der Waals surface area contributed by atoms with Crippen LogP contribution in [0.15, 0.2) is 33.2 Å². The molecule has 0 saturated heterocycles. The van der Waals surface area contributed by atoms with Crippen molar-refractivity contribution in [2.24, 2.45) is 0 Å². The number of hydrogen-bond acceptors (Lipinski definition) is 3. The molecule has 1 aromatic carbocycles. The molecule has 0 unspecified atom stereocenters. The first-order valence-corrected chi connectivity index (χ1v) is 6.33. The van der Waals surface area contributed by atoms with Crippen LogP contribution in [-0.2, 0) is 13.1 Å². The summed E-state index contributed by atoms with van der Waals surface area (Å²) in [4.78, 5) is 4.32. The maximum absolute atomic E-state index is 5.50. The van der Waals surface area contributed by atoms with E-state index in [0.29, 0.717) is 6.54 Å². The fourth-order valence-corrected chi connectivity index (χ4v) is 1.99. The quantitative estimate of drug-likeness (QED) is 0.940. The van der Waals surface area contributed by atoms with Crippen molar-refractivity contribution in [2.45, 2.75) is 26.9 Å². The van der Waals surface area contributed by atoms with Gasteiger partial charge in [0.05, 0.1) is 12.2 Å². The van der Waals surface area contributed by atoms with Crippen LogP contribution in [0.3, 0.4) is 0 Å². The fourth-order valence-electron chi connectivity index (χ4n) is 1.56. The summed E-state index contributed by atoms with van der Waals surface area (Å²) in [6, 6.07) is 8.16. The molecule has 0 aliphatic heterocycles. The van der Waals surface area contributed by atoms with Gasteiger partial charge in [0.25, 0.3) is 0 Å². The molecule has 17 heavy (non-hydrogen) atoms. The van der Waals surface area contributed by atoms with Gasteiger partial charge in [-0.3, -0.25) is 0 Å². The van der Waals surface area contributed by atoms with Crippen molar-refractivity contribution >= 4 is 15.9 Å². The van der Waals surface area contributed by atoms with Crippen molar-refractivity contribution in [3.05, 3.63) is 51.6 Å². The molecule has 1 N–H and O–H groups in total. The van der Waals surface area contributed by atoms with Crippen LogP contribution in [0.25, 0.3) is 0 Å². The molecule has 0 amide bonds. The number of rotatable bonds is 4. The van der Waals surface area contributed by atoms with Crippen LogP contribution in [0, 0.1) is 13.8 Å². The summed E-state index contributed by atoms with van der Waals surface area (Å²) < 4.78 is 6.61. The van der Waals surface area contributed by atoms with Crippen molar-refractivity contribution in [3.63, 3.8) is 0 Å². The number of aryl methyl sites for hydroxylation is 2. The van der Waals surface area contributed by atoms with E-state index >= 15 is 0 Å². The van der Waals surface area contributed by atoms with E-state index in [1.165, 1.54) is 5.56 Å². The third-order valence-electron chi connectivity index (χ3n) is 2.62. The van der Waals surface area contributed by atoms with Crippen molar-refractivity contribution in [2.75, 3.05) is 0 Å². The molecule has 0 atom stereocenters. The SMILES string of the molecule is Cc1nc(CNCc2ccccc2Br)oc1C. The first-order valence-electron chi connectivity index (χ1n) is 5.54. The van der Waals surface area contributed by atoms with Crippen molar-refractivity contribution < 1.29 is 4.42 Å². The minimum Gasteiger partial charge on any atom is -0.444 e. The lowest BCUT2D eigenvalue weighted by Gasteiger charge is -2.04. The standard InChI is InChI=1S/C13H15BrN2O/c1-9-10(2)17-13(16-9)8-15-7-11-5-3-4-6-12(11)14/h3-6,15H,7-8H2,1-2H3. The van der Waals surface area contributed by atoms with E-state index in [1.807, 2.05) is 32.0 Å². The summed E-state index contributed by atoms with van der Waals surface area (Å²) in [7, 11) is 0. The highest BCUT2D eigenvalue weighted by molar-refractivity contribution is 9.10.